The van der Waals surface area contributed by atoms with Gasteiger partial charge in [-0.15, -0.1) is 0 Å². The summed E-state index contributed by atoms with van der Waals surface area (Å²) in [6.07, 6.45) is 7.02. The van der Waals surface area contributed by atoms with Gasteiger partial charge in [0, 0.05) is 5.56 Å². The first-order valence-electron chi connectivity index (χ1n) is 11.7. The Morgan fingerprint density at radius 2 is 1.55 bits per heavy atom. The lowest BCUT2D eigenvalue weighted by molar-refractivity contribution is 0.213. The minimum atomic E-state index is 0.586. The van der Waals surface area contributed by atoms with E-state index in [-0.39, 0.29) is 0 Å². The highest BCUT2D eigenvalue weighted by atomic mass is 16.6. The first kappa shape index (κ1) is 26.3. The van der Waals surface area contributed by atoms with Crippen molar-refractivity contribution < 1.29 is 19.0 Å². The standard InChI is InChI=1S/C28H39NO4/c1-8-9-15-31-25-18-20(2)28(21(3)19-25)33-17-12-10-11-16-32-27-14-13-26(22(4)23(27)5)24(6)29-30-7/h8-9,13-14,18-19H,10-12,15-17H2,1-7H3/b9-8+,29-24?. The molecule has 0 aliphatic rings. The largest absolute Gasteiger partial charge is 0.493 e. The van der Waals surface area contributed by atoms with Gasteiger partial charge in [0.1, 0.15) is 31.0 Å². The summed E-state index contributed by atoms with van der Waals surface area (Å²) in [5.74, 6) is 2.77. The fraction of sp³-hybridized carbons (Fsp3) is 0.464. The van der Waals surface area contributed by atoms with E-state index in [1.807, 2.05) is 50.3 Å². The molecule has 0 radical (unpaired) electrons. The molecule has 5 heteroatoms. The van der Waals surface area contributed by atoms with Crippen LogP contribution < -0.4 is 14.2 Å². The zero-order valence-electron chi connectivity index (χ0n) is 21.3. The van der Waals surface area contributed by atoms with E-state index in [1.165, 1.54) is 5.56 Å². The third-order valence-electron chi connectivity index (χ3n) is 5.66. The van der Waals surface area contributed by atoms with Crippen LogP contribution >= 0.6 is 0 Å². The molecule has 2 aromatic rings. The van der Waals surface area contributed by atoms with Gasteiger partial charge in [-0.1, -0.05) is 17.3 Å². The number of unbranched alkanes of at least 4 members (excludes halogenated alkanes) is 2. The van der Waals surface area contributed by atoms with Crippen LogP contribution in [-0.2, 0) is 4.84 Å². The molecular formula is C28H39NO4. The lowest BCUT2D eigenvalue weighted by Crippen LogP contribution is -2.05. The van der Waals surface area contributed by atoms with E-state index in [4.69, 9.17) is 19.0 Å². The van der Waals surface area contributed by atoms with Crippen molar-refractivity contribution in [1.82, 2.24) is 0 Å². The summed E-state index contributed by atoms with van der Waals surface area (Å²) in [4.78, 5) is 4.90. The highest BCUT2D eigenvalue weighted by molar-refractivity contribution is 6.00. The molecule has 33 heavy (non-hydrogen) atoms. The molecule has 0 saturated carbocycles. The predicted octanol–water partition coefficient (Wildman–Crippen LogP) is 6.87. The third kappa shape index (κ3) is 7.85. The molecule has 0 N–H and O–H groups in total. The second kappa shape index (κ2) is 13.6. The lowest BCUT2D eigenvalue weighted by atomic mass is 9.99. The van der Waals surface area contributed by atoms with Gasteiger partial charge < -0.3 is 19.0 Å². The number of allylic oxidation sites excluding steroid dienone is 1. The van der Waals surface area contributed by atoms with E-state index >= 15 is 0 Å². The summed E-state index contributed by atoms with van der Waals surface area (Å²) >= 11 is 0. The summed E-state index contributed by atoms with van der Waals surface area (Å²) in [5.41, 5.74) is 6.48. The Balaban J connectivity index is 1.75. The Bertz CT molecular complexity index is 940. The smallest absolute Gasteiger partial charge is 0.125 e. The molecule has 0 aliphatic carbocycles. The Morgan fingerprint density at radius 1 is 0.879 bits per heavy atom. The van der Waals surface area contributed by atoms with E-state index in [1.54, 1.807) is 7.11 Å². The Labute approximate surface area is 199 Å². The van der Waals surface area contributed by atoms with Crippen LogP contribution in [0.5, 0.6) is 17.2 Å². The van der Waals surface area contributed by atoms with Crippen LogP contribution in [0.25, 0.3) is 0 Å². The van der Waals surface area contributed by atoms with Crippen molar-refractivity contribution in [3.63, 3.8) is 0 Å². The van der Waals surface area contributed by atoms with Crippen LogP contribution in [0.4, 0.5) is 0 Å². The van der Waals surface area contributed by atoms with Gasteiger partial charge in [-0.05, 0) is 107 Å². The normalized spacial score (nSPS) is 11.7. The van der Waals surface area contributed by atoms with E-state index in [0.29, 0.717) is 19.8 Å². The topological polar surface area (TPSA) is 49.3 Å². The maximum Gasteiger partial charge on any atom is 0.125 e. The number of ether oxygens (including phenoxy) is 3. The SMILES string of the molecule is C/C=C/COc1cc(C)c(OCCCCCOc2ccc(C(C)=NOC)c(C)c2C)c(C)c1. The minimum absolute atomic E-state index is 0.586. The summed E-state index contributed by atoms with van der Waals surface area (Å²) < 4.78 is 17.9. The van der Waals surface area contributed by atoms with E-state index < -0.39 is 0 Å². The molecule has 0 saturated heterocycles. The van der Waals surface area contributed by atoms with Crippen LogP contribution in [0.15, 0.2) is 41.6 Å². The molecule has 0 atom stereocenters. The Morgan fingerprint density at radius 3 is 2.18 bits per heavy atom. The van der Waals surface area contributed by atoms with E-state index in [2.05, 4.69) is 32.9 Å². The summed E-state index contributed by atoms with van der Waals surface area (Å²) in [5, 5.41) is 4.04. The maximum absolute atomic E-state index is 6.07. The molecule has 180 valence electrons. The molecular weight excluding hydrogens is 414 g/mol. The van der Waals surface area contributed by atoms with Crippen LogP contribution in [0.3, 0.4) is 0 Å². The zero-order valence-corrected chi connectivity index (χ0v) is 21.3. The van der Waals surface area contributed by atoms with Gasteiger partial charge in [0.15, 0.2) is 0 Å². The summed E-state index contributed by atoms with van der Waals surface area (Å²) in [6, 6.07) is 8.15. The summed E-state index contributed by atoms with van der Waals surface area (Å²) in [6.45, 7) is 14.2. The van der Waals surface area contributed by atoms with Crippen LogP contribution in [-0.4, -0.2) is 32.6 Å². The number of aryl methyl sites for hydroxylation is 2. The van der Waals surface area contributed by atoms with Crippen molar-refractivity contribution in [1.29, 1.82) is 0 Å². The molecule has 0 spiro atoms. The first-order valence-corrected chi connectivity index (χ1v) is 11.7. The van der Waals surface area contributed by atoms with Gasteiger partial charge in [0.2, 0.25) is 0 Å². The van der Waals surface area contributed by atoms with Crippen molar-refractivity contribution in [2.75, 3.05) is 26.9 Å². The molecule has 0 aromatic heterocycles. The first-order chi connectivity index (χ1) is 15.9. The number of hydrogen-bond donors (Lipinski definition) is 0. The molecule has 0 aliphatic heterocycles. The van der Waals surface area contributed by atoms with Crippen molar-refractivity contribution in [3.8, 4) is 17.2 Å². The number of rotatable bonds is 13. The van der Waals surface area contributed by atoms with E-state index in [0.717, 1.165) is 64.5 Å². The molecule has 0 fully saturated rings. The van der Waals surface area contributed by atoms with Gasteiger partial charge in [0.25, 0.3) is 0 Å². The van der Waals surface area contributed by atoms with Crippen LogP contribution in [0, 0.1) is 27.7 Å². The van der Waals surface area contributed by atoms with Crippen molar-refractivity contribution in [2.24, 2.45) is 5.16 Å². The van der Waals surface area contributed by atoms with Crippen molar-refractivity contribution in [3.05, 3.63) is 64.2 Å². The molecule has 5 nitrogen and oxygen atoms in total. The molecule has 2 aromatic carbocycles. The van der Waals surface area contributed by atoms with Gasteiger partial charge in [-0.25, -0.2) is 0 Å². The second-order valence-corrected chi connectivity index (χ2v) is 8.24. The second-order valence-electron chi connectivity index (χ2n) is 8.24. The number of benzene rings is 2. The van der Waals surface area contributed by atoms with Gasteiger partial charge >= 0.3 is 0 Å². The molecule has 0 heterocycles. The molecule has 0 unspecified atom stereocenters. The van der Waals surface area contributed by atoms with Crippen molar-refractivity contribution in [2.45, 2.75) is 60.8 Å². The van der Waals surface area contributed by atoms with Gasteiger partial charge in [-0.2, -0.15) is 0 Å². The van der Waals surface area contributed by atoms with Gasteiger partial charge in [-0.3, -0.25) is 0 Å². The van der Waals surface area contributed by atoms with Gasteiger partial charge in [0.05, 0.1) is 18.9 Å². The highest BCUT2D eigenvalue weighted by Crippen LogP contribution is 2.29. The Kier molecular flexibility index (Phi) is 10.8. The van der Waals surface area contributed by atoms with Crippen molar-refractivity contribution >= 4 is 5.71 Å². The summed E-state index contributed by atoms with van der Waals surface area (Å²) in [7, 11) is 1.56. The fourth-order valence-electron chi connectivity index (χ4n) is 3.73. The van der Waals surface area contributed by atoms with Crippen LogP contribution in [0.2, 0.25) is 0 Å². The van der Waals surface area contributed by atoms with Crippen LogP contribution in [0.1, 0.15) is 60.9 Å². The minimum Gasteiger partial charge on any atom is -0.493 e. The quantitative estimate of drug-likeness (QED) is 0.144. The third-order valence-corrected chi connectivity index (χ3v) is 5.66. The zero-order chi connectivity index (χ0) is 24.2. The number of nitrogens with zero attached hydrogens (tertiary/aromatic N) is 1. The molecule has 0 amide bonds. The van der Waals surface area contributed by atoms with E-state index in [9.17, 15) is 0 Å². The Hall–Kier alpha value is -2.95. The molecule has 2 rings (SSSR count). The fourth-order valence-corrected chi connectivity index (χ4v) is 3.73. The monoisotopic (exact) mass is 453 g/mol. The lowest BCUT2D eigenvalue weighted by Gasteiger charge is -2.15. The number of oxime groups is 1. The number of hydrogen-bond acceptors (Lipinski definition) is 5. The average Bonchev–Trinajstić information content (AvgIpc) is 2.77. The predicted molar refractivity (Wildman–Crippen MR) is 136 cm³/mol. The highest BCUT2D eigenvalue weighted by Gasteiger charge is 2.10. The molecule has 0 bridgehead atoms. The maximum atomic E-state index is 6.07. The average molecular weight is 454 g/mol.